The van der Waals surface area contributed by atoms with Crippen LogP contribution >= 0.6 is 0 Å². The van der Waals surface area contributed by atoms with Crippen LogP contribution in [0, 0.1) is 11.8 Å². The van der Waals surface area contributed by atoms with Crippen molar-refractivity contribution in [1.29, 1.82) is 0 Å². The van der Waals surface area contributed by atoms with Crippen LogP contribution in [0.15, 0.2) is 30.3 Å². The lowest BCUT2D eigenvalue weighted by molar-refractivity contribution is -0.122. The molecule has 3 heteroatoms. The molecule has 1 amide bonds. The van der Waals surface area contributed by atoms with Crippen molar-refractivity contribution >= 4 is 5.91 Å². The molecule has 2 aliphatic carbocycles. The highest BCUT2D eigenvalue weighted by Crippen LogP contribution is 2.47. The summed E-state index contributed by atoms with van der Waals surface area (Å²) in [6.45, 7) is 0.730. The third kappa shape index (κ3) is 3.21. The molecule has 0 spiro atoms. The molecule has 0 aliphatic heterocycles. The van der Waals surface area contributed by atoms with Gasteiger partial charge in [-0.3, -0.25) is 4.79 Å². The van der Waals surface area contributed by atoms with Crippen LogP contribution in [-0.2, 0) is 4.79 Å². The number of benzene rings is 1. The predicted octanol–water partition coefficient (Wildman–Crippen LogP) is 2.46. The van der Waals surface area contributed by atoms with Gasteiger partial charge >= 0.3 is 0 Å². The van der Waals surface area contributed by atoms with Crippen LogP contribution in [0.3, 0.4) is 0 Å². The molecule has 2 aliphatic rings. The topological polar surface area (TPSA) is 49.3 Å². The van der Waals surface area contributed by atoms with Crippen LogP contribution in [0.25, 0.3) is 0 Å². The molecule has 20 heavy (non-hydrogen) atoms. The Bertz CT molecular complexity index is 459. The Morgan fingerprint density at radius 3 is 2.75 bits per heavy atom. The third-order valence-electron chi connectivity index (χ3n) is 4.68. The predicted molar refractivity (Wildman–Crippen MR) is 78.3 cm³/mol. The van der Waals surface area contributed by atoms with E-state index in [0.29, 0.717) is 11.8 Å². The highest BCUT2D eigenvalue weighted by molar-refractivity contribution is 5.82. The molecule has 3 nitrogen and oxygen atoms in total. The molecule has 4 unspecified atom stereocenters. The number of hydrogen-bond donors (Lipinski definition) is 2. The SMILES string of the molecule is O=C(NCC1CCCC(O)C1)C1CC1c1ccccc1. The summed E-state index contributed by atoms with van der Waals surface area (Å²) in [6.07, 6.45) is 4.78. The second-order valence-electron chi connectivity index (χ2n) is 6.29. The number of nitrogens with one attached hydrogen (secondary N) is 1. The molecule has 3 rings (SSSR count). The maximum absolute atomic E-state index is 12.1. The van der Waals surface area contributed by atoms with Crippen LogP contribution in [0.2, 0.25) is 0 Å². The number of amides is 1. The molecule has 2 saturated carbocycles. The first-order valence-electron chi connectivity index (χ1n) is 7.74. The van der Waals surface area contributed by atoms with Crippen molar-refractivity contribution < 1.29 is 9.90 Å². The molecule has 0 saturated heterocycles. The lowest BCUT2D eigenvalue weighted by atomic mass is 9.87. The fraction of sp³-hybridized carbons (Fsp3) is 0.588. The molecule has 1 aromatic rings. The molecule has 0 radical (unpaired) electrons. The van der Waals surface area contributed by atoms with Crippen molar-refractivity contribution in [2.75, 3.05) is 6.54 Å². The summed E-state index contributed by atoms with van der Waals surface area (Å²) in [5, 5.41) is 12.7. The first-order valence-corrected chi connectivity index (χ1v) is 7.74. The molecule has 108 valence electrons. The van der Waals surface area contributed by atoms with Crippen molar-refractivity contribution in [3.63, 3.8) is 0 Å². The van der Waals surface area contributed by atoms with Gasteiger partial charge in [0.05, 0.1) is 6.10 Å². The fourth-order valence-corrected chi connectivity index (χ4v) is 3.38. The number of rotatable bonds is 4. The van der Waals surface area contributed by atoms with E-state index < -0.39 is 0 Å². The van der Waals surface area contributed by atoms with Crippen molar-refractivity contribution in [3.05, 3.63) is 35.9 Å². The van der Waals surface area contributed by atoms with Crippen LogP contribution < -0.4 is 5.32 Å². The van der Waals surface area contributed by atoms with Crippen LogP contribution in [0.4, 0.5) is 0 Å². The molecular weight excluding hydrogens is 250 g/mol. The average molecular weight is 273 g/mol. The average Bonchev–Trinajstić information content (AvgIpc) is 3.26. The summed E-state index contributed by atoms with van der Waals surface area (Å²) >= 11 is 0. The standard InChI is InChI=1S/C17H23NO2/c19-14-8-4-5-12(9-14)11-18-17(20)16-10-15(16)13-6-2-1-3-7-13/h1-3,6-7,12,14-16,19H,4-5,8-11H2,(H,18,20). The van der Waals surface area contributed by atoms with Crippen LogP contribution in [-0.4, -0.2) is 23.7 Å². The number of aliphatic hydroxyl groups excluding tert-OH is 1. The van der Waals surface area contributed by atoms with Gasteiger partial charge in [0, 0.05) is 12.5 Å². The summed E-state index contributed by atoms with van der Waals surface area (Å²) in [6, 6.07) is 10.3. The van der Waals surface area contributed by atoms with Gasteiger partial charge in [-0.1, -0.05) is 36.8 Å². The molecule has 1 aromatic carbocycles. The first-order chi connectivity index (χ1) is 9.74. The Morgan fingerprint density at radius 1 is 1.20 bits per heavy atom. The second-order valence-corrected chi connectivity index (χ2v) is 6.29. The van der Waals surface area contributed by atoms with E-state index in [9.17, 15) is 9.90 Å². The minimum atomic E-state index is -0.163. The molecule has 2 fully saturated rings. The normalized spacial score (nSPS) is 32.6. The van der Waals surface area contributed by atoms with Gasteiger partial charge in [0.25, 0.3) is 0 Å². The highest BCUT2D eigenvalue weighted by atomic mass is 16.3. The van der Waals surface area contributed by atoms with E-state index in [1.807, 2.05) is 18.2 Å². The van der Waals surface area contributed by atoms with Crippen LogP contribution in [0.1, 0.15) is 43.6 Å². The van der Waals surface area contributed by atoms with Gasteiger partial charge in [0.2, 0.25) is 5.91 Å². The smallest absolute Gasteiger partial charge is 0.223 e. The lowest BCUT2D eigenvalue weighted by Gasteiger charge is -2.25. The Morgan fingerprint density at radius 2 is 2.00 bits per heavy atom. The Balaban J connectivity index is 1.44. The van der Waals surface area contributed by atoms with E-state index >= 15 is 0 Å². The van der Waals surface area contributed by atoms with Crippen molar-refractivity contribution in [2.45, 2.75) is 44.1 Å². The number of carbonyl (C=O) groups excluding carboxylic acids is 1. The van der Waals surface area contributed by atoms with E-state index in [1.54, 1.807) is 0 Å². The van der Waals surface area contributed by atoms with Gasteiger partial charge in [-0.15, -0.1) is 0 Å². The molecule has 0 heterocycles. The lowest BCUT2D eigenvalue weighted by Crippen LogP contribution is -2.34. The maximum atomic E-state index is 12.1. The molecule has 0 bridgehead atoms. The fourth-order valence-electron chi connectivity index (χ4n) is 3.38. The highest BCUT2D eigenvalue weighted by Gasteiger charge is 2.43. The molecular formula is C17H23NO2. The molecule has 2 N–H and O–H groups in total. The Kier molecular flexibility index (Phi) is 4.06. The third-order valence-corrected chi connectivity index (χ3v) is 4.68. The first kappa shape index (κ1) is 13.6. The van der Waals surface area contributed by atoms with E-state index in [4.69, 9.17) is 0 Å². The van der Waals surface area contributed by atoms with Gasteiger partial charge < -0.3 is 10.4 Å². The van der Waals surface area contributed by atoms with Crippen LogP contribution in [0.5, 0.6) is 0 Å². The van der Waals surface area contributed by atoms with Gasteiger partial charge in [0.15, 0.2) is 0 Å². The Hall–Kier alpha value is -1.35. The van der Waals surface area contributed by atoms with E-state index in [2.05, 4.69) is 17.4 Å². The maximum Gasteiger partial charge on any atom is 0.223 e. The number of aliphatic hydroxyl groups is 1. The molecule has 0 aromatic heterocycles. The zero-order chi connectivity index (χ0) is 13.9. The van der Waals surface area contributed by atoms with Gasteiger partial charge in [-0.2, -0.15) is 0 Å². The zero-order valence-electron chi connectivity index (χ0n) is 11.8. The minimum Gasteiger partial charge on any atom is -0.393 e. The second kappa shape index (κ2) is 5.96. The summed E-state index contributed by atoms with van der Waals surface area (Å²) in [5.41, 5.74) is 1.28. The van der Waals surface area contributed by atoms with E-state index in [-0.39, 0.29) is 17.9 Å². The number of hydrogen-bond acceptors (Lipinski definition) is 2. The minimum absolute atomic E-state index is 0.158. The summed E-state index contributed by atoms with van der Waals surface area (Å²) < 4.78 is 0. The monoisotopic (exact) mass is 273 g/mol. The Labute approximate surface area is 120 Å². The van der Waals surface area contributed by atoms with Gasteiger partial charge in [-0.05, 0) is 43.1 Å². The number of carbonyl (C=O) groups is 1. The largest absolute Gasteiger partial charge is 0.393 e. The summed E-state index contributed by atoms with van der Waals surface area (Å²) in [5.74, 6) is 1.22. The quantitative estimate of drug-likeness (QED) is 0.885. The van der Waals surface area contributed by atoms with Crippen molar-refractivity contribution in [3.8, 4) is 0 Å². The summed E-state index contributed by atoms with van der Waals surface area (Å²) in [4.78, 5) is 12.1. The summed E-state index contributed by atoms with van der Waals surface area (Å²) in [7, 11) is 0. The zero-order valence-corrected chi connectivity index (χ0v) is 11.8. The van der Waals surface area contributed by atoms with Crippen molar-refractivity contribution in [2.24, 2.45) is 11.8 Å². The van der Waals surface area contributed by atoms with E-state index in [1.165, 1.54) is 5.56 Å². The molecule has 4 atom stereocenters. The van der Waals surface area contributed by atoms with Gasteiger partial charge in [-0.25, -0.2) is 0 Å². The van der Waals surface area contributed by atoms with Crippen molar-refractivity contribution in [1.82, 2.24) is 5.32 Å². The van der Waals surface area contributed by atoms with Gasteiger partial charge in [0.1, 0.15) is 0 Å². The van der Waals surface area contributed by atoms with E-state index in [0.717, 1.165) is 38.6 Å².